The molecule has 152 valence electrons. The third kappa shape index (κ3) is 2.81. The first-order valence-electron chi connectivity index (χ1n) is 10.2. The SMILES string of the molecule is O=[N+]([O-])c1ccc(Nc2cccc3nc4c5ccccc5c5ccccc5c4nc23)cc1. The monoisotopic (exact) mass is 416 g/mol. The van der Waals surface area contributed by atoms with Gasteiger partial charge in [-0.3, -0.25) is 10.1 Å². The number of nitro benzene ring substituents is 1. The summed E-state index contributed by atoms with van der Waals surface area (Å²) in [5, 5.41) is 18.7. The van der Waals surface area contributed by atoms with Gasteiger partial charge in [-0.1, -0.05) is 54.6 Å². The van der Waals surface area contributed by atoms with E-state index in [-0.39, 0.29) is 5.69 Å². The lowest BCUT2D eigenvalue weighted by atomic mass is 9.99. The molecule has 0 saturated heterocycles. The Morgan fingerprint density at radius 2 is 1.22 bits per heavy atom. The Labute approximate surface area is 182 Å². The van der Waals surface area contributed by atoms with Gasteiger partial charge < -0.3 is 5.32 Å². The number of nitrogens with zero attached hydrogens (tertiary/aromatic N) is 3. The van der Waals surface area contributed by atoms with Crippen molar-refractivity contribution in [3.05, 3.63) is 101 Å². The average Bonchev–Trinajstić information content (AvgIpc) is 2.84. The largest absolute Gasteiger partial charge is 0.354 e. The molecule has 0 spiro atoms. The summed E-state index contributed by atoms with van der Waals surface area (Å²) in [6.07, 6.45) is 0. The Kier molecular flexibility index (Phi) is 3.98. The van der Waals surface area contributed by atoms with Crippen LogP contribution in [-0.4, -0.2) is 14.9 Å². The number of anilines is 2. The summed E-state index contributed by atoms with van der Waals surface area (Å²) in [5.74, 6) is 0. The molecule has 1 aromatic heterocycles. The van der Waals surface area contributed by atoms with Gasteiger partial charge in [0.15, 0.2) is 0 Å². The van der Waals surface area contributed by atoms with Gasteiger partial charge in [0.2, 0.25) is 0 Å². The standard InChI is InChI=1S/C26H16N4O2/c31-30(32)17-14-12-16(13-15-17)27-22-10-5-11-23-26(22)29-25-21-9-4-2-7-19(21)18-6-1-3-8-20(18)24(25)28-23/h1-15,27H. The van der Waals surface area contributed by atoms with Gasteiger partial charge in [-0.2, -0.15) is 0 Å². The highest BCUT2D eigenvalue weighted by Gasteiger charge is 2.13. The van der Waals surface area contributed by atoms with E-state index >= 15 is 0 Å². The van der Waals surface area contributed by atoms with Crippen LogP contribution in [0.2, 0.25) is 0 Å². The zero-order chi connectivity index (χ0) is 21.7. The van der Waals surface area contributed by atoms with Gasteiger partial charge in [0, 0.05) is 28.6 Å². The highest BCUT2D eigenvalue weighted by molar-refractivity contribution is 6.24. The summed E-state index contributed by atoms with van der Waals surface area (Å²) >= 11 is 0. The van der Waals surface area contributed by atoms with Crippen molar-refractivity contribution in [2.75, 3.05) is 5.32 Å². The molecule has 0 amide bonds. The van der Waals surface area contributed by atoms with E-state index in [1.54, 1.807) is 12.1 Å². The van der Waals surface area contributed by atoms with E-state index < -0.39 is 4.92 Å². The van der Waals surface area contributed by atoms with Crippen molar-refractivity contribution in [3.63, 3.8) is 0 Å². The first-order chi connectivity index (χ1) is 15.7. The van der Waals surface area contributed by atoms with Crippen LogP contribution in [0.3, 0.4) is 0 Å². The molecule has 0 radical (unpaired) electrons. The van der Waals surface area contributed by atoms with Crippen LogP contribution in [0, 0.1) is 10.1 Å². The minimum absolute atomic E-state index is 0.0533. The smallest absolute Gasteiger partial charge is 0.269 e. The molecule has 5 aromatic carbocycles. The molecule has 0 unspecified atom stereocenters. The van der Waals surface area contributed by atoms with Gasteiger partial charge in [0.25, 0.3) is 5.69 Å². The number of para-hydroxylation sites is 1. The molecule has 0 aliphatic rings. The van der Waals surface area contributed by atoms with Crippen LogP contribution in [0.4, 0.5) is 17.1 Å². The minimum Gasteiger partial charge on any atom is -0.354 e. The number of fused-ring (bicyclic) bond motifs is 7. The first-order valence-corrected chi connectivity index (χ1v) is 10.2. The lowest BCUT2D eigenvalue weighted by Crippen LogP contribution is -1.96. The molecule has 6 aromatic rings. The van der Waals surface area contributed by atoms with E-state index in [0.717, 1.165) is 55.0 Å². The first kappa shape index (κ1) is 18.2. The molecule has 0 atom stereocenters. The van der Waals surface area contributed by atoms with Crippen LogP contribution in [0.25, 0.3) is 43.6 Å². The predicted molar refractivity (Wildman–Crippen MR) is 128 cm³/mol. The molecule has 6 nitrogen and oxygen atoms in total. The molecule has 6 heteroatoms. The summed E-state index contributed by atoms with van der Waals surface area (Å²) in [5.41, 5.74) is 4.85. The molecule has 0 bridgehead atoms. The number of nitrogens with one attached hydrogen (secondary N) is 1. The Hall–Kier alpha value is -4.58. The van der Waals surface area contributed by atoms with Crippen molar-refractivity contribution in [2.24, 2.45) is 0 Å². The number of benzene rings is 5. The zero-order valence-electron chi connectivity index (χ0n) is 16.8. The van der Waals surface area contributed by atoms with E-state index in [2.05, 4.69) is 29.6 Å². The van der Waals surface area contributed by atoms with Crippen LogP contribution in [-0.2, 0) is 0 Å². The molecule has 0 aliphatic heterocycles. The van der Waals surface area contributed by atoms with Gasteiger partial charge in [0.1, 0.15) is 5.52 Å². The zero-order valence-corrected chi connectivity index (χ0v) is 16.8. The maximum Gasteiger partial charge on any atom is 0.269 e. The summed E-state index contributed by atoms with van der Waals surface area (Å²) in [6.45, 7) is 0. The lowest BCUT2D eigenvalue weighted by Gasteiger charge is -2.12. The van der Waals surface area contributed by atoms with Crippen molar-refractivity contribution in [1.29, 1.82) is 0 Å². The minimum atomic E-state index is -0.408. The van der Waals surface area contributed by atoms with Crippen molar-refractivity contribution in [1.82, 2.24) is 9.97 Å². The molecule has 6 rings (SSSR count). The number of rotatable bonds is 3. The fourth-order valence-electron chi connectivity index (χ4n) is 4.22. The van der Waals surface area contributed by atoms with Crippen molar-refractivity contribution in [3.8, 4) is 0 Å². The Bertz CT molecular complexity index is 1680. The number of aromatic nitrogens is 2. The number of hydrogen-bond acceptors (Lipinski definition) is 5. The van der Waals surface area contributed by atoms with Crippen LogP contribution in [0.1, 0.15) is 0 Å². The molecule has 0 fully saturated rings. The van der Waals surface area contributed by atoms with Crippen LogP contribution < -0.4 is 5.32 Å². The molecule has 1 heterocycles. The summed E-state index contributed by atoms with van der Waals surface area (Å²) < 4.78 is 0. The fourth-order valence-corrected chi connectivity index (χ4v) is 4.22. The molecule has 0 saturated carbocycles. The second-order valence-corrected chi connectivity index (χ2v) is 7.61. The highest BCUT2D eigenvalue weighted by atomic mass is 16.6. The topological polar surface area (TPSA) is 81.0 Å². The van der Waals surface area contributed by atoms with Gasteiger partial charge in [-0.25, -0.2) is 9.97 Å². The molecular weight excluding hydrogens is 400 g/mol. The number of nitro groups is 1. The van der Waals surface area contributed by atoms with Crippen molar-refractivity contribution < 1.29 is 4.92 Å². The number of non-ortho nitro benzene ring substituents is 1. The summed E-state index contributed by atoms with van der Waals surface area (Å²) in [6, 6.07) is 28.7. The molecule has 32 heavy (non-hydrogen) atoms. The van der Waals surface area contributed by atoms with Gasteiger partial charge in [0.05, 0.1) is 27.2 Å². The maximum absolute atomic E-state index is 10.9. The maximum atomic E-state index is 10.9. The van der Waals surface area contributed by atoms with Crippen molar-refractivity contribution in [2.45, 2.75) is 0 Å². The van der Waals surface area contributed by atoms with Crippen LogP contribution >= 0.6 is 0 Å². The average molecular weight is 416 g/mol. The predicted octanol–water partition coefficient (Wildman–Crippen LogP) is 6.74. The number of hydrogen-bond donors (Lipinski definition) is 1. The van der Waals surface area contributed by atoms with Crippen LogP contribution in [0.5, 0.6) is 0 Å². The normalized spacial score (nSPS) is 11.4. The summed E-state index contributed by atoms with van der Waals surface area (Å²) in [7, 11) is 0. The summed E-state index contributed by atoms with van der Waals surface area (Å²) in [4.78, 5) is 20.6. The quantitative estimate of drug-likeness (QED) is 0.149. The van der Waals surface area contributed by atoms with Gasteiger partial charge >= 0.3 is 0 Å². The van der Waals surface area contributed by atoms with Crippen LogP contribution in [0.15, 0.2) is 91.0 Å². The Morgan fingerprint density at radius 3 is 1.84 bits per heavy atom. The molecular formula is C26H16N4O2. The van der Waals surface area contributed by atoms with E-state index in [4.69, 9.17) is 9.97 Å². The Morgan fingerprint density at radius 1 is 0.625 bits per heavy atom. The second kappa shape index (κ2) is 6.99. The van der Waals surface area contributed by atoms with Crippen molar-refractivity contribution >= 4 is 60.7 Å². The highest BCUT2D eigenvalue weighted by Crippen LogP contribution is 2.35. The van der Waals surface area contributed by atoms with E-state index in [0.29, 0.717) is 0 Å². The van der Waals surface area contributed by atoms with Gasteiger partial charge in [-0.05, 0) is 35.0 Å². The third-order valence-corrected chi connectivity index (χ3v) is 5.71. The Balaban J connectivity index is 1.61. The fraction of sp³-hybridized carbons (Fsp3) is 0. The third-order valence-electron chi connectivity index (χ3n) is 5.71. The van der Waals surface area contributed by atoms with E-state index in [1.807, 2.05) is 42.5 Å². The van der Waals surface area contributed by atoms with Gasteiger partial charge in [-0.15, -0.1) is 0 Å². The van der Waals surface area contributed by atoms with E-state index in [9.17, 15) is 10.1 Å². The van der Waals surface area contributed by atoms with E-state index in [1.165, 1.54) is 12.1 Å². The molecule has 0 aliphatic carbocycles. The molecule has 1 N–H and O–H groups in total. The lowest BCUT2D eigenvalue weighted by molar-refractivity contribution is -0.384. The second-order valence-electron chi connectivity index (χ2n) is 7.61.